The number of hydrazine groups is 2. The summed E-state index contributed by atoms with van der Waals surface area (Å²) in [4.78, 5) is 39.2. The van der Waals surface area contributed by atoms with E-state index < -0.39 is 6.03 Å². The third kappa shape index (κ3) is 6.03. The fraction of sp³-hybridized carbons (Fsp3) is 0.269. The van der Waals surface area contributed by atoms with Crippen LogP contribution in [0.4, 0.5) is 16.2 Å². The minimum Gasteiger partial charge on any atom is -0.370 e. The first-order chi connectivity index (χ1) is 18.8. The molecule has 1 fully saturated rings. The first-order valence-electron chi connectivity index (χ1n) is 12.5. The van der Waals surface area contributed by atoms with Crippen molar-refractivity contribution in [3.63, 3.8) is 0 Å². The number of halogens is 1. The third-order valence-corrected chi connectivity index (χ3v) is 7.86. The number of amides is 3. The van der Waals surface area contributed by atoms with E-state index in [2.05, 4.69) is 21.0 Å². The Bertz CT molecular complexity index is 1460. The number of primary amides is 1. The first kappa shape index (κ1) is 26.6. The summed E-state index contributed by atoms with van der Waals surface area (Å²) in [7, 11) is 1.88. The number of piperidine rings is 1. The maximum absolute atomic E-state index is 12.5. The zero-order valence-electron chi connectivity index (χ0n) is 21.3. The van der Waals surface area contributed by atoms with Crippen molar-refractivity contribution in [2.24, 2.45) is 5.73 Å². The van der Waals surface area contributed by atoms with Gasteiger partial charge in [-0.25, -0.2) is 4.79 Å². The predicted octanol–water partition coefficient (Wildman–Crippen LogP) is 2.63. The average molecular weight is 569 g/mol. The van der Waals surface area contributed by atoms with Gasteiger partial charge in [0, 0.05) is 44.6 Å². The van der Waals surface area contributed by atoms with Gasteiger partial charge in [-0.3, -0.25) is 19.2 Å². The number of pyridine rings is 1. The second-order valence-electron chi connectivity index (χ2n) is 9.27. The minimum absolute atomic E-state index is 0.0200. The van der Waals surface area contributed by atoms with Crippen LogP contribution in [-0.4, -0.2) is 54.3 Å². The maximum atomic E-state index is 12.5. The number of nitrogens with zero attached hydrogens (tertiary/aromatic N) is 4. The molecule has 2 aliphatic heterocycles. The Kier molecular flexibility index (Phi) is 7.77. The summed E-state index contributed by atoms with van der Waals surface area (Å²) < 4.78 is 2.17. The van der Waals surface area contributed by atoms with Crippen molar-refractivity contribution in [2.75, 3.05) is 36.6 Å². The van der Waals surface area contributed by atoms with Crippen LogP contribution in [0.3, 0.4) is 0 Å². The molecule has 3 aromatic rings. The molecule has 2 aliphatic rings. The number of urea groups is 1. The maximum Gasteiger partial charge on any atom is 0.312 e. The number of anilines is 2. The summed E-state index contributed by atoms with van der Waals surface area (Å²) in [6.45, 7) is 1.70. The highest BCUT2D eigenvalue weighted by atomic mass is 35.5. The Labute approximate surface area is 234 Å². The molecule has 5 N–H and O–H groups in total. The van der Waals surface area contributed by atoms with Crippen LogP contribution in [-0.2, 0) is 0 Å². The van der Waals surface area contributed by atoms with Crippen molar-refractivity contribution in [3.8, 4) is 5.69 Å². The number of nitrogens with two attached hydrogens (primary N) is 1. The molecule has 0 aliphatic carbocycles. The van der Waals surface area contributed by atoms with Crippen molar-refractivity contribution < 1.29 is 9.59 Å². The number of thiophene rings is 1. The molecule has 5 rings (SSSR count). The topological polar surface area (TPSA) is 128 Å². The van der Waals surface area contributed by atoms with E-state index in [1.165, 1.54) is 17.4 Å². The lowest BCUT2D eigenvalue weighted by atomic mass is 10.0. The zero-order chi connectivity index (χ0) is 27.5. The highest BCUT2D eigenvalue weighted by Gasteiger charge is 2.27. The molecule has 1 saturated heterocycles. The summed E-state index contributed by atoms with van der Waals surface area (Å²) in [5.74, 6) is -0.193. The van der Waals surface area contributed by atoms with Gasteiger partial charge in [-0.1, -0.05) is 17.7 Å². The van der Waals surface area contributed by atoms with Gasteiger partial charge in [0.15, 0.2) is 0 Å². The van der Waals surface area contributed by atoms with E-state index >= 15 is 0 Å². The van der Waals surface area contributed by atoms with Crippen molar-refractivity contribution >= 4 is 46.3 Å². The van der Waals surface area contributed by atoms with Crippen molar-refractivity contribution in [1.29, 1.82) is 0 Å². The number of rotatable bonds is 7. The van der Waals surface area contributed by atoms with Crippen LogP contribution in [0, 0.1) is 0 Å². The summed E-state index contributed by atoms with van der Waals surface area (Å²) in [6, 6.07) is 13.8. The first-order valence-corrected chi connectivity index (χ1v) is 13.6. The lowest BCUT2D eigenvalue weighted by Crippen LogP contribution is -2.47. The Hall–Kier alpha value is -4.00. The monoisotopic (exact) mass is 568 g/mol. The van der Waals surface area contributed by atoms with E-state index in [4.69, 9.17) is 17.3 Å². The van der Waals surface area contributed by atoms with E-state index in [9.17, 15) is 14.4 Å². The second kappa shape index (κ2) is 11.4. The molecular weight excluding hydrogens is 540 g/mol. The van der Waals surface area contributed by atoms with Gasteiger partial charge >= 0.3 is 6.03 Å². The van der Waals surface area contributed by atoms with Crippen molar-refractivity contribution in [2.45, 2.75) is 18.9 Å². The lowest BCUT2D eigenvalue weighted by molar-refractivity contribution is 0.0959. The van der Waals surface area contributed by atoms with E-state index in [1.54, 1.807) is 29.0 Å². The summed E-state index contributed by atoms with van der Waals surface area (Å²) >= 11 is 7.19. The number of aromatic nitrogens is 1. The van der Waals surface area contributed by atoms with Crippen LogP contribution in [0.25, 0.3) is 5.69 Å². The molecule has 0 unspecified atom stereocenters. The minimum atomic E-state index is -0.517. The number of carbonyl (C=O) groups excluding carboxylic acids is 2. The molecule has 204 valence electrons. The van der Waals surface area contributed by atoms with E-state index in [0.29, 0.717) is 28.8 Å². The van der Waals surface area contributed by atoms with Crippen LogP contribution < -0.4 is 37.3 Å². The standard InChI is InChI=1S/C26H29ClN8O3S/c1-32-31-18(15-29-25(37)22-7-8-23(27)39-22)16-35(32)20-6-5-19(34-11-3-2-4-24(34)36)14-21(20)33-12-9-17(10-13-33)30-26(28)38/h2-8,11,14,16-17,31H,9-10,12-13,15H2,1H3,(H,29,37)(H3,28,30,38). The highest BCUT2D eigenvalue weighted by molar-refractivity contribution is 7.18. The molecule has 11 nitrogen and oxygen atoms in total. The summed E-state index contributed by atoms with van der Waals surface area (Å²) in [5, 5.41) is 9.52. The molecule has 2 aromatic heterocycles. The molecule has 3 amide bonds. The van der Waals surface area contributed by atoms with Gasteiger partial charge < -0.3 is 26.7 Å². The fourth-order valence-electron chi connectivity index (χ4n) is 4.76. The van der Waals surface area contributed by atoms with Crippen molar-refractivity contribution in [3.05, 3.63) is 86.2 Å². The average Bonchev–Trinajstić information content (AvgIpc) is 3.52. The summed E-state index contributed by atoms with van der Waals surface area (Å²) in [5.41, 5.74) is 11.9. The van der Waals surface area contributed by atoms with Gasteiger partial charge in [0.2, 0.25) is 0 Å². The second-order valence-corrected chi connectivity index (χ2v) is 11.0. The quantitative estimate of drug-likeness (QED) is 0.345. The molecule has 4 heterocycles. The molecular formula is C26H29ClN8O3S. The zero-order valence-corrected chi connectivity index (χ0v) is 22.8. The summed E-state index contributed by atoms with van der Waals surface area (Å²) in [6.07, 6.45) is 5.16. The van der Waals surface area contributed by atoms with Gasteiger partial charge in [0.25, 0.3) is 11.5 Å². The van der Waals surface area contributed by atoms with Gasteiger partial charge in [0.1, 0.15) is 0 Å². The fourth-order valence-corrected chi connectivity index (χ4v) is 5.71. The van der Waals surface area contributed by atoms with Crippen molar-refractivity contribution in [1.82, 2.24) is 25.7 Å². The molecule has 0 atom stereocenters. The molecule has 13 heteroatoms. The number of nitrogens with one attached hydrogen (secondary N) is 3. The van der Waals surface area contributed by atoms with Gasteiger partial charge in [-0.2, -0.15) is 0 Å². The third-order valence-electron chi connectivity index (χ3n) is 6.63. The van der Waals surface area contributed by atoms with Crippen LogP contribution >= 0.6 is 22.9 Å². The van der Waals surface area contributed by atoms with E-state index in [1.807, 2.05) is 47.6 Å². The van der Waals surface area contributed by atoms with Crippen LogP contribution in [0.5, 0.6) is 0 Å². The van der Waals surface area contributed by atoms with Crippen LogP contribution in [0.15, 0.2) is 71.4 Å². The SMILES string of the molecule is CN1NC(CNC(=O)c2ccc(Cl)s2)=CN1c1ccc(-n2ccccc2=O)cc1N1CCC(NC(N)=O)CC1. The number of hydrogen-bond acceptors (Lipinski definition) is 8. The number of hydrogen-bond donors (Lipinski definition) is 4. The normalized spacial score (nSPS) is 16.1. The molecule has 0 bridgehead atoms. The molecule has 0 spiro atoms. The smallest absolute Gasteiger partial charge is 0.312 e. The molecule has 0 radical (unpaired) electrons. The van der Waals surface area contributed by atoms with Gasteiger partial charge in [-0.15, -0.1) is 16.5 Å². The number of benzene rings is 1. The van der Waals surface area contributed by atoms with E-state index in [0.717, 1.165) is 35.6 Å². The highest BCUT2D eigenvalue weighted by Crippen LogP contribution is 2.35. The largest absolute Gasteiger partial charge is 0.370 e. The van der Waals surface area contributed by atoms with E-state index in [-0.39, 0.29) is 17.5 Å². The number of carbonyl (C=O) groups is 2. The Balaban J connectivity index is 1.41. The Morgan fingerprint density at radius 3 is 2.62 bits per heavy atom. The van der Waals surface area contributed by atoms with Gasteiger partial charge in [0.05, 0.1) is 38.5 Å². The van der Waals surface area contributed by atoms with Crippen LogP contribution in [0.2, 0.25) is 4.34 Å². The molecule has 0 saturated carbocycles. The Morgan fingerprint density at radius 1 is 1.13 bits per heavy atom. The molecule has 39 heavy (non-hydrogen) atoms. The molecule has 1 aromatic carbocycles. The lowest BCUT2D eigenvalue weighted by Gasteiger charge is -2.37. The van der Waals surface area contributed by atoms with Crippen LogP contribution in [0.1, 0.15) is 22.5 Å². The predicted molar refractivity (Wildman–Crippen MR) is 153 cm³/mol. The van der Waals surface area contributed by atoms with Gasteiger partial charge in [-0.05, 0) is 49.2 Å². The Morgan fingerprint density at radius 2 is 1.92 bits per heavy atom.